The Morgan fingerprint density at radius 1 is 1.26 bits per heavy atom. The fourth-order valence-electron chi connectivity index (χ4n) is 2.64. The number of nitrogens with zero attached hydrogens (tertiary/aromatic N) is 3. The van der Waals surface area contributed by atoms with Crippen LogP contribution in [0.3, 0.4) is 0 Å². The number of hydrogen-bond donors (Lipinski definition) is 0. The van der Waals surface area contributed by atoms with Gasteiger partial charge in [0.15, 0.2) is 0 Å². The third-order valence-electron chi connectivity index (χ3n) is 3.99. The van der Waals surface area contributed by atoms with Crippen LogP contribution < -0.4 is 4.74 Å². The van der Waals surface area contributed by atoms with Gasteiger partial charge in [0.05, 0.1) is 31.4 Å². The summed E-state index contributed by atoms with van der Waals surface area (Å²) in [6, 6.07) is 8.97. The Hall–Kier alpha value is -2.64. The van der Waals surface area contributed by atoms with E-state index in [1.807, 2.05) is 6.92 Å². The fourth-order valence-corrected chi connectivity index (χ4v) is 3.19. The third-order valence-corrected chi connectivity index (χ3v) is 4.62. The molecular weight excluding hydrogens is 393 g/mol. The average molecular weight is 408 g/mol. The van der Waals surface area contributed by atoms with Crippen molar-refractivity contribution in [3.05, 3.63) is 62.1 Å². The highest BCUT2D eigenvalue weighted by atomic mass is 35.5. The maximum absolute atomic E-state index is 12.6. The van der Waals surface area contributed by atoms with Crippen molar-refractivity contribution in [2.24, 2.45) is 0 Å². The van der Waals surface area contributed by atoms with Crippen LogP contribution in [0.4, 0.5) is 5.69 Å². The molecule has 0 unspecified atom stereocenters. The van der Waals surface area contributed by atoms with E-state index < -0.39 is 10.9 Å². The van der Waals surface area contributed by atoms with Gasteiger partial charge in [-0.3, -0.25) is 14.8 Å². The normalized spacial score (nSPS) is 10.9. The van der Waals surface area contributed by atoms with E-state index in [-0.39, 0.29) is 27.2 Å². The number of ether oxygens (including phenoxy) is 1. The molecule has 0 aliphatic heterocycles. The molecule has 0 atom stereocenters. The van der Waals surface area contributed by atoms with E-state index in [9.17, 15) is 14.9 Å². The van der Waals surface area contributed by atoms with E-state index in [1.54, 1.807) is 16.8 Å². The van der Waals surface area contributed by atoms with Gasteiger partial charge in [0.1, 0.15) is 0 Å². The molecule has 27 heavy (non-hydrogen) atoms. The number of carbonyl (C=O) groups is 1. The molecule has 1 aromatic heterocycles. The van der Waals surface area contributed by atoms with E-state index in [0.717, 1.165) is 12.8 Å². The number of nitro benzene ring substituents is 1. The fraction of sp³-hybridized carbons (Fsp3) is 0.222. The maximum atomic E-state index is 12.6. The number of esters is 1. The van der Waals surface area contributed by atoms with E-state index in [2.05, 4.69) is 5.10 Å². The summed E-state index contributed by atoms with van der Waals surface area (Å²) in [5.74, 6) is -0.801. The summed E-state index contributed by atoms with van der Waals surface area (Å²) < 4.78 is 7.07. The van der Waals surface area contributed by atoms with Crippen LogP contribution in [0.15, 0.2) is 36.4 Å². The number of aromatic nitrogens is 2. The number of nitro groups is 1. The second-order valence-electron chi connectivity index (χ2n) is 5.83. The van der Waals surface area contributed by atoms with E-state index in [0.29, 0.717) is 17.4 Å². The van der Waals surface area contributed by atoms with Gasteiger partial charge in [0.2, 0.25) is 5.88 Å². The Kier molecular flexibility index (Phi) is 5.62. The van der Waals surface area contributed by atoms with Gasteiger partial charge in [0.25, 0.3) is 5.69 Å². The molecule has 0 fully saturated rings. The number of rotatable bonds is 6. The first-order chi connectivity index (χ1) is 12.9. The van der Waals surface area contributed by atoms with Crippen LogP contribution in [0.5, 0.6) is 5.88 Å². The third kappa shape index (κ3) is 3.89. The lowest BCUT2D eigenvalue weighted by molar-refractivity contribution is -0.384. The van der Waals surface area contributed by atoms with Crippen molar-refractivity contribution < 1.29 is 14.5 Å². The van der Waals surface area contributed by atoms with Gasteiger partial charge in [-0.15, -0.1) is 5.10 Å². The van der Waals surface area contributed by atoms with Gasteiger partial charge in [0, 0.05) is 18.7 Å². The number of benzene rings is 2. The summed E-state index contributed by atoms with van der Waals surface area (Å²) in [5.41, 5.74) is 0.537. The second-order valence-corrected chi connectivity index (χ2v) is 6.64. The van der Waals surface area contributed by atoms with Gasteiger partial charge in [-0.1, -0.05) is 42.6 Å². The second kappa shape index (κ2) is 7.94. The Morgan fingerprint density at radius 3 is 2.59 bits per heavy atom. The van der Waals surface area contributed by atoms with Gasteiger partial charge in [-0.2, -0.15) is 0 Å². The van der Waals surface area contributed by atoms with Crippen molar-refractivity contribution in [3.63, 3.8) is 0 Å². The molecule has 0 N–H and O–H groups in total. The van der Waals surface area contributed by atoms with E-state index >= 15 is 0 Å². The zero-order valence-corrected chi connectivity index (χ0v) is 15.8. The van der Waals surface area contributed by atoms with E-state index in [4.69, 9.17) is 27.9 Å². The first-order valence-corrected chi connectivity index (χ1v) is 8.99. The lowest BCUT2D eigenvalue weighted by atomic mass is 10.2. The summed E-state index contributed by atoms with van der Waals surface area (Å²) in [6.45, 7) is 2.63. The Morgan fingerprint density at radius 2 is 1.96 bits per heavy atom. The van der Waals surface area contributed by atoms with Crippen LogP contribution in [0.25, 0.3) is 10.9 Å². The Labute approximate surface area is 164 Å². The highest BCUT2D eigenvalue weighted by Crippen LogP contribution is 2.31. The molecule has 7 nitrogen and oxygen atoms in total. The van der Waals surface area contributed by atoms with Crippen molar-refractivity contribution in [1.29, 1.82) is 0 Å². The zero-order valence-electron chi connectivity index (χ0n) is 14.3. The molecule has 2 aromatic carbocycles. The number of non-ortho nitro benzene ring substituents is 1. The molecule has 0 aliphatic rings. The maximum Gasteiger partial charge on any atom is 0.347 e. The Bertz CT molecular complexity index is 1010. The first-order valence-electron chi connectivity index (χ1n) is 8.23. The molecule has 0 radical (unpaired) electrons. The highest BCUT2D eigenvalue weighted by Gasteiger charge is 2.22. The summed E-state index contributed by atoms with van der Waals surface area (Å²) in [4.78, 5) is 23.2. The van der Waals surface area contributed by atoms with E-state index in [1.165, 1.54) is 24.3 Å². The van der Waals surface area contributed by atoms with Gasteiger partial charge >= 0.3 is 5.97 Å². The molecule has 0 bridgehead atoms. The average Bonchev–Trinajstić information content (AvgIpc) is 2.96. The Balaban J connectivity index is 2.05. The van der Waals surface area contributed by atoms with Gasteiger partial charge < -0.3 is 4.74 Å². The van der Waals surface area contributed by atoms with Gasteiger partial charge in [-0.05, 0) is 24.6 Å². The number of fused-ring (bicyclic) bond motifs is 1. The minimum absolute atomic E-state index is 0.0162. The standard InChI is InChI=1S/C18H15Cl2N3O4/c1-2-3-9-22-15-8-7-11(23(25)26)10-12(15)17(21-22)27-18(24)16-13(19)5-4-6-14(16)20/h4-8,10H,2-3,9H2,1H3. The van der Waals surface area contributed by atoms with Crippen molar-refractivity contribution in [3.8, 4) is 5.88 Å². The summed E-state index contributed by atoms with van der Waals surface area (Å²) in [6.07, 6.45) is 1.80. The molecule has 0 amide bonds. The minimum Gasteiger partial charge on any atom is -0.401 e. The largest absolute Gasteiger partial charge is 0.401 e. The van der Waals surface area contributed by atoms with Crippen LogP contribution in [0.1, 0.15) is 30.1 Å². The summed E-state index contributed by atoms with van der Waals surface area (Å²) in [7, 11) is 0. The summed E-state index contributed by atoms with van der Waals surface area (Å²) in [5, 5.41) is 16.1. The molecule has 0 saturated carbocycles. The van der Waals surface area contributed by atoms with Crippen LogP contribution in [0.2, 0.25) is 10.0 Å². The SMILES string of the molecule is CCCCn1nc(OC(=O)c2c(Cl)cccc2Cl)c2cc([N+](=O)[O-])ccc21. The monoisotopic (exact) mass is 407 g/mol. The van der Waals surface area contributed by atoms with Crippen LogP contribution in [0, 0.1) is 10.1 Å². The van der Waals surface area contributed by atoms with Crippen LogP contribution in [-0.4, -0.2) is 20.7 Å². The van der Waals surface area contributed by atoms with Crippen LogP contribution in [-0.2, 0) is 6.54 Å². The van der Waals surface area contributed by atoms with Crippen molar-refractivity contribution in [2.75, 3.05) is 0 Å². The number of halogens is 2. The molecule has 0 aliphatic carbocycles. The molecule has 3 rings (SSSR count). The smallest absolute Gasteiger partial charge is 0.347 e. The number of aryl methyl sites for hydroxylation is 1. The minimum atomic E-state index is -0.779. The topological polar surface area (TPSA) is 87.3 Å². The molecular formula is C18H15Cl2N3O4. The lowest BCUT2D eigenvalue weighted by Gasteiger charge is -2.05. The van der Waals surface area contributed by atoms with Crippen molar-refractivity contribution >= 4 is 45.8 Å². The number of carbonyl (C=O) groups excluding carboxylic acids is 1. The predicted octanol–water partition coefficient (Wildman–Crippen LogP) is 5.27. The zero-order chi connectivity index (χ0) is 19.6. The molecule has 0 spiro atoms. The van der Waals surface area contributed by atoms with Gasteiger partial charge in [-0.25, -0.2) is 4.79 Å². The quantitative estimate of drug-likeness (QED) is 0.315. The predicted molar refractivity (Wildman–Crippen MR) is 103 cm³/mol. The molecule has 1 heterocycles. The highest BCUT2D eigenvalue weighted by molar-refractivity contribution is 6.39. The number of hydrogen-bond acceptors (Lipinski definition) is 5. The molecule has 9 heteroatoms. The molecule has 140 valence electrons. The summed E-state index contributed by atoms with van der Waals surface area (Å²) >= 11 is 12.1. The number of unbranched alkanes of at least 4 members (excludes halogenated alkanes) is 1. The molecule has 0 saturated heterocycles. The van der Waals surface area contributed by atoms with Crippen molar-refractivity contribution in [1.82, 2.24) is 9.78 Å². The van der Waals surface area contributed by atoms with Crippen LogP contribution >= 0.6 is 23.2 Å². The first kappa shape index (κ1) is 19.1. The van der Waals surface area contributed by atoms with Crippen molar-refractivity contribution in [2.45, 2.75) is 26.3 Å². The molecule has 3 aromatic rings. The lowest BCUT2D eigenvalue weighted by Crippen LogP contribution is -2.11.